The molecule has 25 heavy (non-hydrogen) atoms. The van der Waals surface area contributed by atoms with Gasteiger partial charge in [-0.25, -0.2) is 0 Å². The maximum Gasteiger partial charge on any atom is 0.276 e. The quantitative estimate of drug-likeness (QED) is 0.492. The monoisotopic (exact) mass is 342 g/mol. The highest BCUT2D eigenvalue weighted by Crippen LogP contribution is 2.32. The Labute approximate surface area is 145 Å². The van der Waals surface area contributed by atoms with E-state index in [-0.39, 0.29) is 5.69 Å². The van der Waals surface area contributed by atoms with Crippen molar-refractivity contribution in [2.24, 2.45) is 0 Å². The summed E-state index contributed by atoms with van der Waals surface area (Å²) in [6.07, 6.45) is 2.65. The van der Waals surface area contributed by atoms with Crippen molar-refractivity contribution in [3.63, 3.8) is 0 Å². The molecule has 7 nitrogen and oxygen atoms in total. The van der Waals surface area contributed by atoms with Gasteiger partial charge in [0.2, 0.25) is 5.91 Å². The molecule has 0 saturated heterocycles. The summed E-state index contributed by atoms with van der Waals surface area (Å²) in [7, 11) is 3.04. The summed E-state index contributed by atoms with van der Waals surface area (Å²) in [4.78, 5) is 22.6. The van der Waals surface area contributed by atoms with Crippen LogP contribution in [0.15, 0.2) is 42.5 Å². The van der Waals surface area contributed by atoms with Crippen LogP contribution in [0.5, 0.6) is 11.5 Å². The van der Waals surface area contributed by atoms with Crippen LogP contribution in [-0.4, -0.2) is 25.1 Å². The van der Waals surface area contributed by atoms with Gasteiger partial charge in [-0.2, -0.15) is 0 Å². The molecule has 0 saturated carbocycles. The van der Waals surface area contributed by atoms with Crippen LogP contribution >= 0.6 is 0 Å². The van der Waals surface area contributed by atoms with Gasteiger partial charge in [-0.05, 0) is 30.7 Å². The van der Waals surface area contributed by atoms with Crippen LogP contribution in [0, 0.1) is 17.0 Å². The molecule has 0 spiro atoms. The smallest absolute Gasteiger partial charge is 0.276 e. The van der Waals surface area contributed by atoms with E-state index in [4.69, 9.17) is 9.47 Å². The first-order chi connectivity index (χ1) is 12.0. The van der Waals surface area contributed by atoms with Crippen molar-refractivity contribution in [3.8, 4) is 11.5 Å². The number of anilines is 1. The van der Waals surface area contributed by atoms with Gasteiger partial charge < -0.3 is 14.8 Å². The molecule has 0 aliphatic carbocycles. The number of aryl methyl sites for hydroxylation is 1. The lowest BCUT2D eigenvalue weighted by atomic mass is 10.1. The van der Waals surface area contributed by atoms with Gasteiger partial charge in [-0.15, -0.1) is 0 Å². The molecule has 0 radical (unpaired) electrons. The van der Waals surface area contributed by atoms with Crippen molar-refractivity contribution in [3.05, 3.63) is 63.7 Å². The number of methoxy groups -OCH3 is 2. The molecule has 2 aromatic carbocycles. The fraction of sp³-hybridized carbons (Fsp3) is 0.167. The average molecular weight is 342 g/mol. The number of rotatable bonds is 6. The fourth-order valence-corrected chi connectivity index (χ4v) is 2.25. The summed E-state index contributed by atoms with van der Waals surface area (Å²) in [5.41, 5.74) is 1.65. The predicted molar refractivity (Wildman–Crippen MR) is 95.0 cm³/mol. The molecular formula is C18H18N2O5. The van der Waals surface area contributed by atoms with Gasteiger partial charge in [-0.1, -0.05) is 12.1 Å². The number of nitrogens with one attached hydrogen (secondary N) is 1. The Bertz CT molecular complexity index is 830. The second-order valence-corrected chi connectivity index (χ2v) is 5.16. The minimum atomic E-state index is -0.490. The summed E-state index contributed by atoms with van der Waals surface area (Å²) >= 11 is 0. The molecule has 0 bridgehead atoms. The molecule has 0 aliphatic heterocycles. The third-order valence-corrected chi connectivity index (χ3v) is 3.54. The third kappa shape index (κ3) is 4.35. The normalized spacial score (nSPS) is 10.5. The molecule has 0 unspecified atom stereocenters. The number of nitro groups is 1. The summed E-state index contributed by atoms with van der Waals surface area (Å²) in [5, 5.41) is 13.7. The van der Waals surface area contributed by atoms with Crippen molar-refractivity contribution in [1.82, 2.24) is 0 Å². The van der Waals surface area contributed by atoms with E-state index in [1.807, 2.05) is 6.92 Å². The van der Waals surface area contributed by atoms with Gasteiger partial charge in [0.15, 0.2) is 11.5 Å². The predicted octanol–water partition coefficient (Wildman–Crippen LogP) is 3.57. The molecule has 2 rings (SSSR count). The highest BCUT2D eigenvalue weighted by molar-refractivity contribution is 6.02. The molecule has 2 aromatic rings. The third-order valence-electron chi connectivity index (χ3n) is 3.54. The average Bonchev–Trinajstić information content (AvgIpc) is 2.61. The number of hydrogen-bond donors (Lipinski definition) is 1. The van der Waals surface area contributed by atoms with Crippen molar-refractivity contribution in [2.75, 3.05) is 19.5 Å². The maximum atomic E-state index is 12.1. The molecule has 0 aliphatic rings. The van der Waals surface area contributed by atoms with E-state index in [1.165, 1.54) is 32.4 Å². The first kappa shape index (κ1) is 18.0. The van der Waals surface area contributed by atoms with Crippen LogP contribution in [0.25, 0.3) is 6.08 Å². The maximum absolute atomic E-state index is 12.1. The minimum absolute atomic E-state index is 0.0613. The van der Waals surface area contributed by atoms with E-state index >= 15 is 0 Å². The van der Waals surface area contributed by atoms with Crippen molar-refractivity contribution < 1.29 is 19.2 Å². The lowest BCUT2D eigenvalue weighted by Gasteiger charge is -2.12. The minimum Gasteiger partial charge on any atom is -0.493 e. The molecule has 0 aromatic heterocycles. The van der Waals surface area contributed by atoms with Crippen LogP contribution in [0.2, 0.25) is 0 Å². The Morgan fingerprint density at radius 1 is 1.16 bits per heavy atom. The second kappa shape index (κ2) is 7.96. The molecule has 0 heterocycles. The van der Waals surface area contributed by atoms with E-state index in [9.17, 15) is 14.9 Å². The summed E-state index contributed by atoms with van der Waals surface area (Å²) in [5.74, 6) is 0.646. The lowest BCUT2D eigenvalue weighted by Crippen LogP contribution is -2.09. The summed E-state index contributed by atoms with van der Waals surface area (Å²) in [6.45, 7) is 1.82. The van der Waals surface area contributed by atoms with Gasteiger partial charge in [-0.3, -0.25) is 14.9 Å². The summed E-state index contributed by atoms with van der Waals surface area (Å²) in [6, 6.07) is 9.61. The van der Waals surface area contributed by atoms with Gasteiger partial charge in [0, 0.05) is 23.9 Å². The topological polar surface area (TPSA) is 90.7 Å². The number of para-hydroxylation sites is 1. The molecule has 0 fully saturated rings. The van der Waals surface area contributed by atoms with Gasteiger partial charge in [0.1, 0.15) is 0 Å². The lowest BCUT2D eigenvalue weighted by molar-refractivity contribution is -0.385. The number of carbonyl (C=O) groups excluding carboxylic acids is 1. The first-order valence-corrected chi connectivity index (χ1v) is 7.41. The highest BCUT2D eigenvalue weighted by atomic mass is 16.6. The molecule has 1 amide bonds. The van der Waals surface area contributed by atoms with Crippen molar-refractivity contribution >= 4 is 23.4 Å². The number of benzene rings is 2. The Morgan fingerprint density at radius 3 is 2.44 bits per heavy atom. The van der Waals surface area contributed by atoms with Gasteiger partial charge in [0.05, 0.1) is 24.7 Å². The van der Waals surface area contributed by atoms with E-state index in [1.54, 1.807) is 30.3 Å². The van der Waals surface area contributed by atoms with Crippen LogP contribution < -0.4 is 14.8 Å². The van der Waals surface area contributed by atoms with E-state index in [2.05, 4.69) is 5.32 Å². The fourth-order valence-electron chi connectivity index (χ4n) is 2.25. The van der Waals surface area contributed by atoms with Crippen molar-refractivity contribution in [1.29, 1.82) is 0 Å². The second-order valence-electron chi connectivity index (χ2n) is 5.16. The Hall–Kier alpha value is -3.35. The van der Waals surface area contributed by atoms with Crippen LogP contribution in [0.1, 0.15) is 11.1 Å². The van der Waals surface area contributed by atoms with E-state index in [0.29, 0.717) is 22.7 Å². The Kier molecular flexibility index (Phi) is 5.73. The zero-order valence-corrected chi connectivity index (χ0v) is 14.1. The number of nitrogens with zero attached hydrogens (tertiary/aromatic N) is 1. The number of amides is 1. The zero-order chi connectivity index (χ0) is 18.4. The van der Waals surface area contributed by atoms with Gasteiger partial charge in [0.25, 0.3) is 5.69 Å². The van der Waals surface area contributed by atoms with Gasteiger partial charge >= 0.3 is 0 Å². The van der Waals surface area contributed by atoms with E-state index < -0.39 is 10.8 Å². The SMILES string of the molecule is COc1cc(C)c(NC(=O)/C=C/c2ccccc2[N+](=O)[O-])cc1OC. The Balaban J connectivity index is 2.20. The molecular weight excluding hydrogens is 324 g/mol. The molecule has 7 heteroatoms. The first-order valence-electron chi connectivity index (χ1n) is 7.41. The number of carbonyl (C=O) groups is 1. The zero-order valence-electron chi connectivity index (χ0n) is 14.1. The number of nitro benzene ring substituents is 1. The largest absolute Gasteiger partial charge is 0.493 e. The van der Waals surface area contributed by atoms with Crippen LogP contribution in [0.3, 0.4) is 0 Å². The standard InChI is InChI=1S/C18H18N2O5/c1-12-10-16(24-2)17(25-3)11-14(12)19-18(21)9-8-13-6-4-5-7-15(13)20(22)23/h4-11H,1-3H3,(H,19,21)/b9-8+. The Morgan fingerprint density at radius 2 is 1.80 bits per heavy atom. The number of hydrogen-bond acceptors (Lipinski definition) is 5. The number of ether oxygens (including phenoxy) is 2. The highest BCUT2D eigenvalue weighted by Gasteiger charge is 2.12. The molecule has 1 N–H and O–H groups in total. The molecule has 0 atom stereocenters. The van der Waals surface area contributed by atoms with Crippen molar-refractivity contribution in [2.45, 2.75) is 6.92 Å². The van der Waals surface area contributed by atoms with E-state index in [0.717, 1.165) is 5.56 Å². The van der Waals surface area contributed by atoms with Crippen LogP contribution in [0.4, 0.5) is 11.4 Å². The summed E-state index contributed by atoms with van der Waals surface area (Å²) < 4.78 is 10.4. The van der Waals surface area contributed by atoms with Crippen LogP contribution in [-0.2, 0) is 4.79 Å². The molecule has 130 valence electrons.